The molecule has 2 rings (SSSR count). The predicted molar refractivity (Wildman–Crippen MR) is 119 cm³/mol. The van der Waals surface area contributed by atoms with Crippen molar-refractivity contribution >= 4 is 23.2 Å². The number of nitro benzene ring substituents is 1. The summed E-state index contributed by atoms with van der Waals surface area (Å²) in [7, 11) is 3.46. The van der Waals surface area contributed by atoms with Crippen LogP contribution in [0.15, 0.2) is 53.5 Å². The van der Waals surface area contributed by atoms with Gasteiger partial charge in [0.25, 0.3) is 11.6 Å². The summed E-state index contributed by atoms with van der Waals surface area (Å²) in [5, 5.41) is 20.3. The largest absolute Gasteiger partial charge is 0.383 e. The number of nitro groups is 1. The van der Waals surface area contributed by atoms with Crippen LogP contribution in [0, 0.1) is 10.1 Å². The Hall–Kier alpha value is -3.62. The first-order chi connectivity index (χ1) is 14.4. The van der Waals surface area contributed by atoms with Crippen LogP contribution in [0.5, 0.6) is 0 Å². The Balaban J connectivity index is 1.83. The first kappa shape index (κ1) is 22.7. The van der Waals surface area contributed by atoms with E-state index in [0.29, 0.717) is 31.2 Å². The summed E-state index contributed by atoms with van der Waals surface area (Å²) in [5.41, 5.74) is 2.54. The highest BCUT2D eigenvalue weighted by molar-refractivity contribution is 5.93. The summed E-state index contributed by atoms with van der Waals surface area (Å²) in [6.07, 6.45) is 0. The van der Waals surface area contributed by atoms with Crippen molar-refractivity contribution in [2.45, 2.75) is 13.5 Å². The quantitative estimate of drug-likeness (QED) is 0.192. The number of guanidine groups is 1. The number of nitrogens with one attached hydrogen (secondary N) is 3. The van der Waals surface area contributed by atoms with E-state index in [4.69, 9.17) is 0 Å². The zero-order chi connectivity index (χ0) is 21.9. The zero-order valence-corrected chi connectivity index (χ0v) is 17.5. The zero-order valence-electron chi connectivity index (χ0n) is 17.5. The number of hydrogen-bond acceptors (Lipinski definition) is 5. The van der Waals surface area contributed by atoms with E-state index in [-0.39, 0.29) is 11.6 Å². The molecule has 0 saturated heterocycles. The lowest BCUT2D eigenvalue weighted by Gasteiger charge is -2.13. The number of amides is 1. The highest BCUT2D eigenvalue weighted by Gasteiger charge is 2.07. The lowest BCUT2D eigenvalue weighted by atomic mass is 10.1. The molecule has 0 radical (unpaired) electrons. The van der Waals surface area contributed by atoms with Crippen LogP contribution in [-0.4, -0.2) is 55.4 Å². The van der Waals surface area contributed by atoms with Crippen LogP contribution in [0.1, 0.15) is 22.8 Å². The van der Waals surface area contributed by atoms with Crippen molar-refractivity contribution in [1.82, 2.24) is 15.5 Å². The molecule has 0 aliphatic heterocycles. The maximum absolute atomic E-state index is 11.9. The molecule has 0 bridgehead atoms. The fourth-order valence-electron chi connectivity index (χ4n) is 2.61. The second-order valence-electron chi connectivity index (χ2n) is 6.75. The molecule has 0 aromatic heterocycles. The summed E-state index contributed by atoms with van der Waals surface area (Å²) in [6, 6.07) is 13.7. The second kappa shape index (κ2) is 11.4. The van der Waals surface area contributed by atoms with Gasteiger partial charge in [-0.2, -0.15) is 0 Å². The van der Waals surface area contributed by atoms with Gasteiger partial charge in [0.15, 0.2) is 5.96 Å². The van der Waals surface area contributed by atoms with Crippen molar-refractivity contribution in [3.05, 3.63) is 69.8 Å². The van der Waals surface area contributed by atoms with Crippen molar-refractivity contribution in [2.75, 3.05) is 39.0 Å². The molecule has 2 aromatic rings. The van der Waals surface area contributed by atoms with E-state index in [2.05, 4.69) is 20.9 Å². The van der Waals surface area contributed by atoms with Crippen LogP contribution < -0.4 is 16.0 Å². The molecule has 0 fully saturated rings. The maximum Gasteiger partial charge on any atom is 0.269 e. The van der Waals surface area contributed by atoms with E-state index in [1.165, 1.54) is 12.1 Å². The topological polar surface area (TPSA) is 112 Å². The van der Waals surface area contributed by atoms with Crippen LogP contribution >= 0.6 is 0 Å². The molecular weight excluding hydrogens is 384 g/mol. The Morgan fingerprint density at radius 2 is 1.70 bits per heavy atom. The molecular formula is C21H28N6O3. The van der Waals surface area contributed by atoms with Crippen LogP contribution in [0.4, 0.5) is 11.4 Å². The molecule has 0 spiro atoms. The monoisotopic (exact) mass is 412 g/mol. The Morgan fingerprint density at radius 1 is 1.03 bits per heavy atom. The maximum atomic E-state index is 11.9. The van der Waals surface area contributed by atoms with E-state index >= 15 is 0 Å². The third kappa shape index (κ3) is 7.08. The van der Waals surface area contributed by atoms with Gasteiger partial charge < -0.3 is 20.9 Å². The van der Waals surface area contributed by atoms with Crippen LogP contribution in [-0.2, 0) is 6.54 Å². The highest BCUT2D eigenvalue weighted by Crippen LogP contribution is 2.14. The van der Waals surface area contributed by atoms with Gasteiger partial charge in [0.05, 0.1) is 11.5 Å². The standard InChI is InChI=1S/C21H28N6O3/c1-4-22-21(24-14-13-23-18-9-11-19(12-10-18)27(29)30)25-15-16-5-7-17(8-6-16)20(28)26(2)3/h5-12,23H,4,13-15H2,1-3H3,(H2,22,24,25). The lowest BCUT2D eigenvalue weighted by Crippen LogP contribution is -2.39. The van der Waals surface area contributed by atoms with Gasteiger partial charge in [-0.1, -0.05) is 12.1 Å². The lowest BCUT2D eigenvalue weighted by molar-refractivity contribution is -0.384. The smallest absolute Gasteiger partial charge is 0.269 e. The minimum absolute atomic E-state index is 0.0272. The van der Waals surface area contributed by atoms with Crippen molar-refractivity contribution < 1.29 is 9.72 Å². The molecule has 30 heavy (non-hydrogen) atoms. The Kier molecular flexibility index (Phi) is 8.61. The molecule has 3 N–H and O–H groups in total. The van der Waals surface area contributed by atoms with E-state index < -0.39 is 4.92 Å². The van der Waals surface area contributed by atoms with Gasteiger partial charge in [0.1, 0.15) is 0 Å². The van der Waals surface area contributed by atoms with Gasteiger partial charge in [0.2, 0.25) is 0 Å². The normalized spacial score (nSPS) is 11.0. The number of carbonyl (C=O) groups excluding carboxylic acids is 1. The summed E-state index contributed by atoms with van der Waals surface area (Å²) < 4.78 is 0. The average molecular weight is 412 g/mol. The number of non-ortho nitro benzene ring substituents is 1. The molecule has 0 aliphatic carbocycles. The average Bonchev–Trinajstić information content (AvgIpc) is 2.75. The minimum atomic E-state index is -0.419. The first-order valence-electron chi connectivity index (χ1n) is 9.71. The number of rotatable bonds is 9. The van der Waals surface area contributed by atoms with Gasteiger partial charge in [-0.3, -0.25) is 14.9 Å². The van der Waals surface area contributed by atoms with E-state index in [0.717, 1.165) is 17.8 Å². The van der Waals surface area contributed by atoms with E-state index in [9.17, 15) is 14.9 Å². The predicted octanol–water partition coefficient (Wildman–Crippen LogP) is 2.46. The fourth-order valence-corrected chi connectivity index (χ4v) is 2.61. The van der Waals surface area contributed by atoms with Crippen LogP contribution in [0.25, 0.3) is 0 Å². The molecule has 0 heterocycles. The van der Waals surface area contributed by atoms with E-state index in [1.807, 2.05) is 31.2 Å². The number of hydrogen-bond donors (Lipinski definition) is 3. The van der Waals surface area contributed by atoms with Crippen LogP contribution in [0.3, 0.4) is 0 Å². The summed E-state index contributed by atoms with van der Waals surface area (Å²) in [5.74, 6) is 0.664. The van der Waals surface area contributed by atoms with Gasteiger partial charge in [-0.15, -0.1) is 0 Å². The minimum Gasteiger partial charge on any atom is -0.383 e. The number of nitrogens with zero attached hydrogens (tertiary/aromatic N) is 3. The summed E-state index contributed by atoms with van der Waals surface area (Å²) >= 11 is 0. The van der Waals surface area contributed by atoms with E-state index in [1.54, 1.807) is 31.1 Å². The van der Waals surface area contributed by atoms with Crippen LogP contribution in [0.2, 0.25) is 0 Å². The third-order valence-corrected chi connectivity index (χ3v) is 4.20. The van der Waals surface area contributed by atoms with Crippen molar-refractivity contribution in [2.24, 2.45) is 4.99 Å². The Bertz CT molecular complexity index is 863. The molecule has 1 amide bonds. The number of carbonyl (C=O) groups is 1. The SMILES string of the molecule is CCNC(=NCc1ccc(C(=O)N(C)C)cc1)NCCNc1ccc([N+](=O)[O-])cc1. The Morgan fingerprint density at radius 3 is 2.27 bits per heavy atom. The summed E-state index contributed by atoms with van der Waals surface area (Å²) in [4.78, 5) is 28.3. The van der Waals surface area contributed by atoms with Crippen molar-refractivity contribution in [1.29, 1.82) is 0 Å². The number of anilines is 1. The van der Waals surface area contributed by atoms with Gasteiger partial charge in [-0.25, -0.2) is 4.99 Å². The fraction of sp³-hybridized carbons (Fsp3) is 0.333. The Labute approximate surface area is 176 Å². The first-order valence-corrected chi connectivity index (χ1v) is 9.71. The molecule has 0 unspecified atom stereocenters. The van der Waals surface area contributed by atoms with Crippen molar-refractivity contribution in [3.63, 3.8) is 0 Å². The molecule has 9 nitrogen and oxygen atoms in total. The molecule has 9 heteroatoms. The molecule has 160 valence electrons. The van der Waals surface area contributed by atoms with Gasteiger partial charge in [0, 0.05) is 57.1 Å². The number of aliphatic imine (C=N–C) groups is 1. The van der Waals surface area contributed by atoms with Gasteiger partial charge in [-0.05, 0) is 36.8 Å². The molecule has 0 aliphatic rings. The highest BCUT2D eigenvalue weighted by atomic mass is 16.6. The summed E-state index contributed by atoms with van der Waals surface area (Å²) in [6.45, 7) is 4.47. The molecule has 2 aromatic carbocycles. The molecule has 0 atom stereocenters. The van der Waals surface area contributed by atoms with Gasteiger partial charge >= 0.3 is 0 Å². The molecule has 0 saturated carbocycles. The third-order valence-electron chi connectivity index (χ3n) is 4.20. The second-order valence-corrected chi connectivity index (χ2v) is 6.75. The number of benzene rings is 2. The van der Waals surface area contributed by atoms with Crippen molar-refractivity contribution in [3.8, 4) is 0 Å².